The van der Waals surface area contributed by atoms with Crippen molar-refractivity contribution in [2.45, 2.75) is 52.0 Å². The molecule has 17 heavy (non-hydrogen) atoms. The van der Waals surface area contributed by atoms with Crippen molar-refractivity contribution < 1.29 is 4.74 Å². The van der Waals surface area contributed by atoms with Gasteiger partial charge in [0, 0.05) is 13.2 Å². The second kappa shape index (κ2) is 12.3. The maximum atomic E-state index is 5.16. The van der Waals surface area contributed by atoms with Crippen LogP contribution in [0.2, 0.25) is 0 Å². The Kier molecular flexibility index (Phi) is 12.3. The largest absolute Gasteiger partial charge is 0.383 e. The molecule has 0 heterocycles. The lowest BCUT2D eigenvalue weighted by Crippen LogP contribution is -2.33. The summed E-state index contributed by atoms with van der Waals surface area (Å²) in [7, 11) is 3.96. The zero-order valence-corrected chi connectivity index (χ0v) is 12.3. The van der Waals surface area contributed by atoms with Crippen molar-refractivity contribution in [2.75, 3.05) is 40.4 Å². The second-order valence-corrected chi connectivity index (χ2v) is 4.95. The third kappa shape index (κ3) is 10.7. The third-order valence-corrected chi connectivity index (χ3v) is 3.20. The molecule has 0 aromatic carbocycles. The molecule has 1 unspecified atom stereocenters. The van der Waals surface area contributed by atoms with E-state index in [2.05, 4.69) is 31.1 Å². The first-order chi connectivity index (χ1) is 8.22. The van der Waals surface area contributed by atoms with Crippen molar-refractivity contribution in [3.8, 4) is 0 Å². The molecule has 0 amide bonds. The van der Waals surface area contributed by atoms with Gasteiger partial charge in [0.15, 0.2) is 0 Å². The molecule has 1 atom stereocenters. The highest BCUT2D eigenvalue weighted by Gasteiger charge is 2.07. The lowest BCUT2D eigenvalue weighted by molar-refractivity contribution is 0.114. The Hall–Kier alpha value is -0.120. The monoisotopic (exact) mass is 244 g/mol. The lowest BCUT2D eigenvalue weighted by atomic mass is 10.2. The number of methoxy groups -OCH3 is 1. The van der Waals surface area contributed by atoms with E-state index in [1.165, 1.54) is 45.2 Å². The minimum atomic E-state index is 0.534. The normalized spacial score (nSPS) is 13.2. The molecule has 1 N–H and O–H groups in total. The summed E-state index contributed by atoms with van der Waals surface area (Å²) in [5, 5.41) is 3.44. The Morgan fingerprint density at radius 3 is 2.47 bits per heavy atom. The molecule has 0 aliphatic carbocycles. The van der Waals surface area contributed by atoms with E-state index in [0.717, 1.165) is 13.2 Å². The molecule has 0 aliphatic heterocycles. The molecular formula is C14H32N2O. The van der Waals surface area contributed by atoms with E-state index >= 15 is 0 Å². The van der Waals surface area contributed by atoms with Gasteiger partial charge in [-0.05, 0) is 52.9 Å². The van der Waals surface area contributed by atoms with Crippen LogP contribution in [-0.4, -0.2) is 51.3 Å². The first kappa shape index (κ1) is 16.9. The summed E-state index contributed by atoms with van der Waals surface area (Å²) in [5.41, 5.74) is 0. The van der Waals surface area contributed by atoms with Gasteiger partial charge in [-0.3, -0.25) is 0 Å². The Morgan fingerprint density at radius 1 is 1.12 bits per heavy atom. The molecule has 0 radical (unpaired) electrons. The number of rotatable bonds is 12. The molecule has 0 aromatic heterocycles. The Labute approximate surface area is 108 Å². The Balaban J connectivity index is 3.21. The van der Waals surface area contributed by atoms with Gasteiger partial charge >= 0.3 is 0 Å². The van der Waals surface area contributed by atoms with Crippen molar-refractivity contribution in [3.63, 3.8) is 0 Å². The van der Waals surface area contributed by atoms with Gasteiger partial charge in [-0.1, -0.05) is 19.8 Å². The highest BCUT2D eigenvalue weighted by molar-refractivity contribution is 4.62. The van der Waals surface area contributed by atoms with Crippen LogP contribution < -0.4 is 5.32 Å². The third-order valence-electron chi connectivity index (χ3n) is 3.20. The number of likely N-dealkylation sites (N-methyl/N-ethyl adjacent to an activating group) is 1. The number of nitrogens with zero attached hydrogens (tertiary/aromatic N) is 1. The quantitative estimate of drug-likeness (QED) is 0.534. The maximum absolute atomic E-state index is 5.16. The van der Waals surface area contributed by atoms with Crippen LogP contribution in [0.5, 0.6) is 0 Å². The van der Waals surface area contributed by atoms with Crippen LogP contribution in [0.3, 0.4) is 0 Å². The van der Waals surface area contributed by atoms with Gasteiger partial charge in [0.25, 0.3) is 0 Å². The fourth-order valence-electron chi connectivity index (χ4n) is 1.86. The number of nitrogens with one attached hydrogen (secondary N) is 1. The van der Waals surface area contributed by atoms with Gasteiger partial charge in [0.1, 0.15) is 0 Å². The van der Waals surface area contributed by atoms with Crippen LogP contribution in [0.15, 0.2) is 0 Å². The van der Waals surface area contributed by atoms with Gasteiger partial charge in [-0.15, -0.1) is 0 Å². The fourth-order valence-corrected chi connectivity index (χ4v) is 1.86. The van der Waals surface area contributed by atoms with Crippen LogP contribution in [0, 0.1) is 0 Å². The van der Waals surface area contributed by atoms with E-state index in [9.17, 15) is 0 Å². The minimum Gasteiger partial charge on any atom is -0.383 e. The topological polar surface area (TPSA) is 24.5 Å². The van der Waals surface area contributed by atoms with Gasteiger partial charge in [-0.25, -0.2) is 0 Å². The van der Waals surface area contributed by atoms with Crippen molar-refractivity contribution in [3.05, 3.63) is 0 Å². The molecule has 0 fully saturated rings. The summed E-state index contributed by atoms with van der Waals surface area (Å²) in [5.74, 6) is 0. The minimum absolute atomic E-state index is 0.534. The predicted molar refractivity (Wildman–Crippen MR) is 75.6 cm³/mol. The van der Waals surface area contributed by atoms with Crippen LogP contribution in [-0.2, 0) is 4.74 Å². The zero-order valence-electron chi connectivity index (χ0n) is 12.3. The summed E-state index contributed by atoms with van der Waals surface area (Å²) in [6.07, 6.45) is 6.55. The molecule has 3 nitrogen and oxygen atoms in total. The standard InChI is InChI=1S/C14H32N2O/c1-5-10-15-11-8-6-7-9-12-16(3)14(2)13-17-4/h14-15H,5-13H2,1-4H3. The number of hydrogen-bond acceptors (Lipinski definition) is 3. The highest BCUT2D eigenvalue weighted by Crippen LogP contribution is 2.03. The zero-order chi connectivity index (χ0) is 12.9. The summed E-state index contributed by atoms with van der Waals surface area (Å²) in [4.78, 5) is 2.39. The van der Waals surface area contributed by atoms with E-state index in [0.29, 0.717) is 6.04 Å². The SMILES string of the molecule is CCCNCCCCCCN(C)C(C)COC. The molecule has 0 aliphatic rings. The Bertz CT molecular complexity index is 153. The summed E-state index contributed by atoms with van der Waals surface area (Å²) < 4.78 is 5.16. The number of hydrogen-bond donors (Lipinski definition) is 1. The predicted octanol–water partition coefficient (Wildman–Crippen LogP) is 2.51. The van der Waals surface area contributed by atoms with Gasteiger partial charge in [0.05, 0.1) is 6.61 Å². The molecule has 0 saturated carbocycles. The molecule has 0 saturated heterocycles. The molecule has 0 aromatic rings. The van der Waals surface area contributed by atoms with Crippen LogP contribution >= 0.6 is 0 Å². The summed E-state index contributed by atoms with van der Waals surface area (Å²) in [6, 6.07) is 0.534. The van der Waals surface area contributed by atoms with Crippen molar-refractivity contribution in [2.24, 2.45) is 0 Å². The van der Waals surface area contributed by atoms with Crippen LogP contribution in [0.25, 0.3) is 0 Å². The molecule has 0 spiro atoms. The van der Waals surface area contributed by atoms with Crippen molar-refractivity contribution in [1.29, 1.82) is 0 Å². The first-order valence-electron chi connectivity index (χ1n) is 7.12. The molecule has 0 rings (SSSR count). The van der Waals surface area contributed by atoms with E-state index in [-0.39, 0.29) is 0 Å². The average molecular weight is 244 g/mol. The second-order valence-electron chi connectivity index (χ2n) is 4.95. The molecule has 0 bridgehead atoms. The van der Waals surface area contributed by atoms with E-state index in [1.54, 1.807) is 7.11 Å². The molecule has 104 valence electrons. The molecular weight excluding hydrogens is 212 g/mol. The average Bonchev–Trinajstić information content (AvgIpc) is 2.32. The van der Waals surface area contributed by atoms with Crippen molar-refractivity contribution in [1.82, 2.24) is 10.2 Å². The van der Waals surface area contributed by atoms with Crippen LogP contribution in [0.1, 0.15) is 46.0 Å². The molecule has 3 heteroatoms. The maximum Gasteiger partial charge on any atom is 0.0615 e. The van der Waals surface area contributed by atoms with E-state index < -0.39 is 0 Å². The smallest absolute Gasteiger partial charge is 0.0615 e. The van der Waals surface area contributed by atoms with E-state index in [4.69, 9.17) is 4.74 Å². The fraction of sp³-hybridized carbons (Fsp3) is 1.00. The summed E-state index contributed by atoms with van der Waals surface area (Å²) >= 11 is 0. The Morgan fingerprint density at radius 2 is 1.82 bits per heavy atom. The number of unbranched alkanes of at least 4 members (excludes halogenated alkanes) is 3. The van der Waals surface area contributed by atoms with Gasteiger partial charge in [-0.2, -0.15) is 0 Å². The first-order valence-corrected chi connectivity index (χ1v) is 7.12. The van der Waals surface area contributed by atoms with E-state index in [1.807, 2.05) is 0 Å². The van der Waals surface area contributed by atoms with Crippen molar-refractivity contribution >= 4 is 0 Å². The number of ether oxygens (including phenoxy) is 1. The summed E-state index contributed by atoms with van der Waals surface area (Å²) in [6.45, 7) is 8.80. The highest BCUT2D eigenvalue weighted by atomic mass is 16.5. The van der Waals surface area contributed by atoms with Gasteiger partial charge in [0.2, 0.25) is 0 Å². The van der Waals surface area contributed by atoms with Crippen LogP contribution in [0.4, 0.5) is 0 Å². The van der Waals surface area contributed by atoms with Gasteiger partial charge < -0.3 is 15.0 Å². The lowest BCUT2D eigenvalue weighted by Gasteiger charge is -2.23.